The zero-order valence-electron chi connectivity index (χ0n) is 14.0. The van der Waals surface area contributed by atoms with Crippen LogP contribution in [0.1, 0.15) is 38.8 Å². The van der Waals surface area contributed by atoms with Gasteiger partial charge in [-0.15, -0.1) is 0 Å². The van der Waals surface area contributed by atoms with Crippen LogP contribution < -0.4 is 0 Å². The number of rotatable bonds is 5. The number of aliphatic hydroxyl groups excluding tert-OH is 1. The molecule has 5 nitrogen and oxygen atoms in total. The first-order valence-corrected chi connectivity index (χ1v) is 7.62. The molecule has 0 spiro atoms. The van der Waals surface area contributed by atoms with Crippen molar-refractivity contribution in [3.8, 4) is 0 Å². The average molecular weight is 318 g/mol. The fourth-order valence-electron chi connectivity index (χ4n) is 2.36. The lowest BCUT2D eigenvalue weighted by molar-refractivity contribution is -0.136. The minimum absolute atomic E-state index is 0.0351. The SMILES string of the molecule is CC1(C)OB(C(=Cc2cccc(CC(=O)O)c2)CO)OC1(C)C. The van der Waals surface area contributed by atoms with Crippen molar-refractivity contribution in [1.82, 2.24) is 0 Å². The minimum Gasteiger partial charge on any atom is -0.481 e. The van der Waals surface area contributed by atoms with E-state index in [0.717, 1.165) is 5.56 Å². The van der Waals surface area contributed by atoms with Crippen molar-refractivity contribution in [3.05, 3.63) is 40.9 Å². The van der Waals surface area contributed by atoms with E-state index in [9.17, 15) is 9.90 Å². The number of carbonyl (C=O) groups is 1. The van der Waals surface area contributed by atoms with Gasteiger partial charge in [0.25, 0.3) is 0 Å². The third kappa shape index (κ3) is 4.02. The van der Waals surface area contributed by atoms with Gasteiger partial charge in [-0.3, -0.25) is 4.79 Å². The van der Waals surface area contributed by atoms with E-state index in [-0.39, 0.29) is 13.0 Å². The number of benzene rings is 1. The van der Waals surface area contributed by atoms with E-state index in [0.29, 0.717) is 11.0 Å². The van der Waals surface area contributed by atoms with Gasteiger partial charge in [-0.25, -0.2) is 0 Å². The van der Waals surface area contributed by atoms with E-state index < -0.39 is 24.3 Å². The Morgan fingerprint density at radius 2 is 1.83 bits per heavy atom. The Morgan fingerprint density at radius 3 is 2.35 bits per heavy atom. The molecule has 124 valence electrons. The fraction of sp³-hybridized carbons (Fsp3) is 0.471. The van der Waals surface area contributed by atoms with Crippen LogP contribution in [0.2, 0.25) is 0 Å². The Labute approximate surface area is 137 Å². The summed E-state index contributed by atoms with van der Waals surface area (Å²) in [5, 5.41) is 18.6. The van der Waals surface area contributed by atoms with E-state index in [2.05, 4.69) is 0 Å². The Bertz CT molecular complexity index is 605. The summed E-state index contributed by atoms with van der Waals surface area (Å²) in [6, 6.07) is 7.20. The maximum atomic E-state index is 10.8. The molecule has 6 heteroatoms. The van der Waals surface area contributed by atoms with Gasteiger partial charge in [-0.05, 0) is 44.3 Å². The van der Waals surface area contributed by atoms with Crippen molar-refractivity contribution < 1.29 is 24.3 Å². The average Bonchev–Trinajstić information content (AvgIpc) is 2.64. The molecule has 0 aliphatic carbocycles. The Balaban J connectivity index is 2.25. The van der Waals surface area contributed by atoms with Gasteiger partial charge in [-0.2, -0.15) is 0 Å². The molecule has 1 aliphatic rings. The van der Waals surface area contributed by atoms with Crippen LogP contribution in [0.25, 0.3) is 6.08 Å². The summed E-state index contributed by atoms with van der Waals surface area (Å²) in [6.45, 7) is 7.62. The molecular formula is C17H23BO5. The third-order valence-electron chi connectivity index (χ3n) is 4.40. The van der Waals surface area contributed by atoms with Crippen LogP contribution in [0.5, 0.6) is 0 Å². The van der Waals surface area contributed by atoms with E-state index in [1.165, 1.54) is 0 Å². The van der Waals surface area contributed by atoms with Crippen molar-refractivity contribution in [2.75, 3.05) is 6.61 Å². The molecular weight excluding hydrogens is 295 g/mol. The summed E-state index contributed by atoms with van der Waals surface area (Å²) >= 11 is 0. The number of carboxylic acid groups (broad SMARTS) is 1. The summed E-state index contributed by atoms with van der Waals surface area (Å²) < 4.78 is 11.9. The predicted octanol–water partition coefficient (Wildman–Crippen LogP) is 2.32. The molecule has 0 saturated carbocycles. The number of aliphatic hydroxyl groups is 1. The molecule has 1 aromatic carbocycles. The smallest absolute Gasteiger partial charge is 0.481 e. The number of hydrogen-bond acceptors (Lipinski definition) is 4. The summed E-state index contributed by atoms with van der Waals surface area (Å²) in [5.41, 5.74) is 1.17. The number of carboxylic acids is 1. The van der Waals surface area contributed by atoms with Crippen LogP contribution in [-0.4, -0.2) is 41.1 Å². The lowest BCUT2D eigenvalue weighted by atomic mass is 9.77. The van der Waals surface area contributed by atoms with Crippen molar-refractivity contribution in [3.63, 3.8) is 0 Å². The Hall–Kier alpha value is -1.63. The van der Waals surface area contributed by atoms with Gasteiger partial charge in [0.15, 0.2) is 0 Å². The molecule has 0 bridgehead atoms. The molecule has 0 aromatic heterocycles. The zero-order chi connectivity index (χ0) is 17.3. The minimum atomic E-state index is -0.875. The second-order valence-electron chi connectivity index (χ2n) is 6.78. The lowest BCUT2D eigenvalue weighted by Gasteiger charge is -2.32. The summed E-state index contributed by atoms with van der Waals surface area (Å²) in [7, 11) is -0.617. The van der Waals surface area contributed by atoms with Gasteiger partial charge >= 0.3 is 13.1 Å². The molecule has 2 rings (SSSR count). The Kier molecular flexibility index (Phi) is 4.99. The van der Waals surface area contributed by atoms with Gasteiger partial charge in [0.05, 0.1) is 24.2 Å². The first-order chi connectivity index (χ1) is 10.6. The van der Waals surface area contributed by atoms with Crippen LogP contribution in [-0.2, 0) is 20.5 Å². The highest BCUT2D eigenvalue weighted by Gasteiger charge is 2.52. The van der Waals surface area contributed by atoms with Gasteiger partial charge in [-0.1, -0.05) is 30.3 Å². The standard InChI is InChI=1S/C17H23BO5/c1-16(2)17(3,4)23-18(22-16)14(11-19)9-12-6-5-7-13(8-12)10-15(20)21/h5-9,19H,10-11H2,1-4H3,(H,20,21). The van der Waals surface area contributed by atoms with E-state index >= 15 is 0 Å². The maximum absolute atomic E-state index is 10.8. The van der Waals surface area contributed by atoms with Crippen molar-refractivity contribution in [2.24, 2.45) is 0 Å². The molecule has 1 saturated heterocycles. The quantitative estimate of drug-likeness (QED) is 0.815. The van der Waals surface area contributed by atoms with Crippen molar-refractivity contribution in [2.45, 2.75) is 45.3 Å². The van der Waals surface area contributed by atoms with Gasteiger partial charge in [0.1, 0.15) is 0 Å². The first kappa shape index (κ1) is 17.7. The molecule has 23 heavy (non-hydrogen) atoms. The molecule has 0 atom stereocenters. The largest absolute Gasteiger partial charge is 0.492 e. The summed E-state index contributed by atoms with van der Waals surface area (Å²) in [6.07, 6.45) is 1.75. The highest BCUT2D eigenvalue weighted by Crippen LogP contribution is 2.38. The monoisotopic (exact) mass is 318 g/mol. The number of aliphatic carboxylic acids is 1. The van der Waals surface area contributed by atoms with Crippen LogP contribution in [0, 0.1) is 0 Å². The molecule has 0 amide bonds. The topological polar surface area (TPSA) is 76.0 Å². The van der Waals surface area contributed by atoms with Crippen LogP contribution in [0.4, 0.5) is 0 Å². The third-order valence-corrected chi connectivity index (χ3v) is 4.40. The summed E-state index contributed by atoms with van der Waals surface area (Å²) in [4.78, 5) is 10.8. The molecule has 0 unspecified atom stereocenters. The van der Waals surface area contributed by atoms with Crippen LogP contribution in [0.3, 0.4) is 0 Å². The Morgan fingerprint density at radius 1 is 1.22 bits per heavy atom. The van der Waals surface area contributed by atoms with Gasteiger partial charge in [0.2, 0.25) is 0 Å². The highest BCUT2D eigenvalue weighted by molar-refractivity contribution is 6.55. The second-order valence-corrected chi connectivity index (χ2v) is 6.78. The molecule has 1 aromatic rings. The van der Waals surface area contributed by atoms with E-state index in [4.69, 9.17) is 14.4 Å². The van der Waals surface area contributed by atoms with Crippen LogP contribution >= 0.6 is 0 Å². The maximum Gasteiger partial charge on any atom is 0.492 e. The van der Waals surface area contributed by atoms with Gasteiger partial charge < -0.3 is 19.5 Å². The van der Waals surface area contributed by atoms with E-state index in [1.54, 1.807) is 24.3 Å². The normalized spacial score (nSPS) is 19.9. The molecule has 0 radical (unpaired) electrons. The zero-order valence-corrected chi connectivity index (χ0v) is 14.0. The van der Waals surface area contributed by atoms with Gasteiger partial charge in [0, 0.05) is 0 Å². The van der Waals surface area contributed by atoms with E-state index in [1.807, 2.05) is 33.8 Å². The summed E-state index contributed by atoms with van der Waals surface area (Å²) in [5.74, 6) is -0.875. The number of hydrogen-bond donors (Lipinski definition) is 2. The lowest BCUT2D eigenvalue weighted by Crippen LogP contribution is -2.41. The molecule has 1 heterocycles. The molecule has 1 aliphatic heterocycles. The molecule has 1 fully saturated rings. The predicted molar refractivity (Wildman–Crippen MR) is 88.9 cm³/mol. The second kappa shape index (κ2) is 6.47. The highest BCUT2D eigenvalue weighted by atomic mass is 16.7. The fourth-order valence-corrected chi connectivity index (χ4v) is 2.36. The van der Waals surface area contributed by atoms with Crippen molar-refractivity contribution in [1.29, 1.82) is 0 Å². The first-order valence-electron chi connectivity index (χ1n) is 7.62. The van der Waals surface area contributed by atoms with Crippen LogP contribution in [0.15, 0.2) is 29.7 Å². The van der Waals surface area contributed by atoms with Crippen molar-refractivity contribution >= 4 is 19.2 Å². The molecule has 2 N–H and O–H groups in total.